The van der Waals surface area contributed by atoms with Crippen molar-refractivity contribution < 1.29 is 29.0 Å². The number of methoxy groups -OCH3 is 2. The summed E-state index contributed by atoms with van der Waals surface area (Å²) in [4.78, 5) is 3.78. The number of piperazine rings is 1. The van der Waals surface area contributed by atoms with Gasteiger partial charge in [-0.15, -0.1) is 0 Å². The van der Waals surface area contributed by atoms with Crippen LogP contribution in [0.1, 0.15) is 0 Å². The van der Waals surface area contributed by atoms with Gasteiger partial charge in [0.15, 0.2) is 0 Å². The molecule has 1 heterocycles. The van der Waals surface area contributed by atoms with Crippen molar-refractivity contribution in [3.63, 3.8) is 0 Å². The average Bonchev–Trinajstić information content (AvgIpc) is 2.79. The van der Waals surface area contributed by atoms with E-state index < -0.39 is 6.10 Å². The van der Waals surface area contributed by atoms with Crippen LogP contribution in [0.2, 0.25) is 0 Å². The normalized spacial score (nSPS) is 15.6. The lowest BCUT2D eigenvalue weighted by molar-refractivity contribution is -0.903. The summed E-state index contributed by atoms with van der Waals surface area (Å²) in [6.45, 7) is 5.86. The molecule has 7 heteroatoms. The van der Waals surface area contributed by atoms with Crippen molar-refractivity contribution in [2.45, 2.75) is 6.10 Å². The highest BCUT2D eigenvalue weighted by Gasteiger charge is 2.22. The second-order valence-corrected chi connectivity index (χ2v) is 7.40. The number of nitrogens with one attached hydrogen (secondary N) is 1. The summed E-state index contributed by atoms with van der Waals surface area (Å²) in [5.74, 6) is 2.39. The molecule has 1 aliphatic rings. The van der Waals surface area contributed by atoms with E-state index in [-0.39, 0.29) is 0 Å². The molecular weight excluding hydrogens is 384 g/mol. The molecule has 0 aliphatic carbocycles. The van der Waals surface area contributed by atoms with Crippen LogP contribution in [0.4, 0.5) is 5.69 Å². The van der Waals surface area contributed by atoms with Crippen LogP contribution >= 0.6 is 0 Å². The fourth-order valence-electron chi connectivity index (χ4n) is 3.60. The van der Waals surface area contributed by atoms with Crippen LogP contribution in [0.5, 0.6) is 17.2 Å². The zero-order chi connectivity index (χ0) is 21.2. The molecule has 0 saturated carbocycles. The maximum atomic E-state index is 10.3. The van der Waals surface area contributed by atoms with Crippen LogP contribution in [0.3, 0.4) is 0 Å². The van der Waals surface area contributed by atoms with Crippen LogP contribution in [0.25, 0.3) is 0 Å². The molecule has 30 heavy (non-hydrogen) atoms. The number of nitrogens with zero attached hydrogens (tertiary/aromatic N) is 1. The molecule has 0 radical (unpaired) electrons. The summed E-state index contributed by atoms with van der Waals surface area (Å²) >= 11 is 0. The number of ether oxygens (including phenoxy) is 4. The van der Waals surface area contributed by atoms with E-state index in [0.29, 0.717) is 26.4 Å². The Morgan fingerprint density at radius 2 is 1.63 bits per heavy atom. The zero-order valence-corrected chi connectivity index (χ0v) is 17.9. The summed E-state index contributed by atoms with van der Waals surface area (Å²) in [5.41, 5.74) is 1.22. The van der Waals surface area contributed by atoms with Crippen molar-refractivity contribution in [2.24, 2.45) is 0 Å². The Labute approximate surface area is 178 Å². The topological polar surface area (TPSA) is 64.8 Å². The fraction of sp³-hybridized carbons (Fsp3) is 0.478. The third-order valence-electron chi connectivity index (χ3n) is 5.28. The van der Waals surface area contributed by atoms with Crippen LogP contribution in [0.15, 0.2) is 48.5 Å². The van der Waals surface area contributed by atoms with Gasteiger partial charge in [-0.2, -0.15) is 0 Å². The Kier molecular flexibility index (Phi) is 8.62. The number of hydrogen-bond acceptors (Lipinski definition) is 6. The molecule has 1 saturated heterocycles. The van der Waals surface area contributed by atoms with Crippen molar-refractivity contribution >= 4 is 5.69 Å². The smallest absolute Gasteiger partial charge is 0.126 e. The lowest BCUT2D eigenvalue weighted by Crippen LogP contribution is -3.16. The molecule has 0 aromatic heterocycles. The van der Waals surface area contributed by atoms with Gasteiger partial charge >= 0.3 is 0 Å². The molecule has 0 spiro atoms. The van der Waals surface area contributed by atoms with Gasteiger partial charge in [0.05, 0.1) is 53.6 Å². The number of hydrogen-bond donors (Lipinski definition) is 2. The van der Waals surface area contributed by atoms with Gasteiger partial charge in [0.2, 0.25) is 0 Å². The summed E-state index contributed by atoms with van der Waals surface area (Å²) in [6.07, 6.45) is -0.468. The molecule has 2 N–H and O–H groups in total. The van der Waals surface area contributed by atoms with E-state index in [1.54, 1.807) is 14.2 Å². The second kappa shape index (κ2) is 11.6. The standard InChI is InChI=1S/C23H32N2O5/c1-27-21-8-6-19(7-9-21)25-12-10-24(11-13-25)17-20(26)18-29-14-15-30-23-5-3-4-22(16-23)28-2/h3-9,16,20,26H,10-15,17-18H2,1-2H3/p+1/t20-/m0/s1. The van der Waals surface area contributed by atoms with E-state index in [4.69, 9.17) is 18.9 Å². The van der Waals surface area contributed by atoms with Crippen molar-refractivity contribution in [1.82, 2.24) is 0 Å². The quantitative estimate of drug-likeness (QED) is 0.529. The lowest BCUT2D eigenvalue weighted by atomic mass is 10.2. The van der Waals surface area contributed by atoms with Gasteiger partial charge in [0, 0.05) is 11.8 Å². The van der Waals surface area contributed by atoms with E-state index in [1.165, 1.54) is 10.6 Å². The third-order valence-corrected chi connectivity index (χ3v) is 5.28. The Bertz CT molecular complexity index is 748. The van der Waals surface area contributed by atoms with Crippen molar-refractivity contribution in [2.75, 3.05) is 71.7 Å². The first kappa shape index (κ1) is 22.2. The predicted octanol–water partition coefficient (Wildman–Crippen LogP) is 0.865. The molecule has 3 rings (SSSR count). The Balaban J connectivity index is 1.28. The maximum absolute atomic E-state index is 10.3. The molecule has 0 amide bonds. The number of benzene rings is 2. The van der Waals surface area contributed by atoms with Gasteiger partial charge in [-0.3, -0.25) is 0 Å². The van der Waals surface area contributed by atoms with E-state index in [1.807, 2.05) is 36.4 Å². The average molecular weight is 418 g/mol. The summed E-state index contributed by atoms with van der Waals surface area (Å²) < 4.78 is 21.6. The van der Waals surface area contributed by atoms with Crippen LogP contribution < -0.4 is 24.0 Å². The molecule has 2 aromatic carbocycles. The number of aliphatic hydroxyl groups is 1. The molecule has 7 nitrogen and oxygen atoms in total. The van der Waals surface area contributed by atoms with Crippen molar-refractivity contribution in [1.29, 1.82) is 0 Å². The van der Waals surface area contributed by atoms with Gasteiger partial charge in [0.1, 0.15) is 36.5 Å². The zero-order valence-electron chi connectivity index (χ0n) is 17.9. The fourth-order valence-corrected chi connectivity index (χ4v) is 3.60. The maximum Gasteiger partial charge on any atom is 0.126 e. The highest BCUT2D eigenvalue weighted by Crippen LogP contribution is 2.19. The lowest BCUT2D eigenvalue weighted by Gasteiger charge is -2.34. The first-order valence-corrected chi connectivity index (χ1v) is 10.4. The number of rotatable bonds is 11. The van der Waals surface area contributed by atoms with Gasteiger partial charge in [-0.05, 0) is 36.4 Å². The SMILES string of the molecule is COc1ccc(N2CC[NH+](C[C@H](O)COCCOc3cccc(OC)c3)CC2)cc1. The molecule has 1 fully saturated rings. The Morgan fingerprint density at radius 3 is 2.33 bits per heavy atom. The van der Waals surface area contributed by atoms with Crippen LogP contribution in [0, 0.1) is 0 Å². The molecule has 1 aliphatic heterocycles. The van der Waals surface area contributed by atoms with Gasteiger partial charge in [-0.1, -0.05) is 6.07 Å². The summed E-state index contributed by atoms with van der Waals surface area (Å²) in [6, 6.07) is 15.7. The summed E-state index contributed by atoms with van der Waals surface area (Å²) in [7, 11) is 3.31. The van der Waals surface area contributed by atoms with Crippen molar-refractivity contribution in [3.8, 4) is 17.2 Å². The molecule has 164 valence electrons. The molecular formula is C23H33N2O5+. The van der Waals surface area contributed by atoms with E-state index in [2.05, 4.69) is 17.0 Å². The third kappa shape index (κ3) is 6.79. The van der Waals surface area contributed by atoms with Crippen molar-refractivity contribution in [3.05, 3.63) is 48.5 Å². The number of quaternary nitrogens is 1. The first-order valence-electron chi connectivity index (χ1n) is 10.4. The highest BCUT2D eigenvalue weighted by atomic mass is 16.5. The second-order valence-electron chi connectivity index (χ2n) is 7.40. The number of anilines is 1. The summed E-state index contributed by atoms with van der Waals surface area (Å²) in [5, 5.41) is 10.3. The monoisotopic (exact) mass is 417 g/mol. The first-order chi connectivity index (χ1) is 14.7. The minimum Gasteiger partial charge on any atom is -0.497 e. The molecule has 0 bridgehead atoms. The van der Waals surface area contributed by atoms with Crippen LogP contribution in [-0.2, 0) is 4.74 Å². The molecule has 2 aromatic rings. The predicted molar refractivity (Wildman–Crippen MR) is 116 cm³/mol. The van der Waals surface area contributed by atoms with E-state index in [9.17, 15) is 5.11 Å². The van der Waals surface area contributed by atoms with Gasteiger partial charge in [0.25, 0.3) is 0 Å². The molecule has 0 unspecified atom stereocenters. The highest BCUT2D eigenvalue weighted by molar-refractivity contribution is 5.49. The van der Waals surface area contributed by atoms with Gasteiger partial charge in [-0.25, -0.2) is 0 Å². The van der Waals surface area contributed by atoms with Crippen LogP contribution in [-0.4, -0.2) is 78.0 Å². The number of aliphatic hydroxyl groups excluding tert-OH is 1. The van der Waals surface area contributed by atoms with Gasteiger partial charge < -0.3 is 33.9 Å². The minimum absolute atomic E-state index is 0.327. The van der Waals surface area contributed by atoms with E-state index in [0.717, 1.165) is 43.4 Å². The largest absolute Gasteiger partial charge is 0.497 e. The minimum atomic E-state index is -0.468. The molecule has 1 atom stereocenters. The Hall–Kier alpha value is -2.48. The van der Waals surface area contributed by atoms with E-state index >= 15 is 0 Å². The Morgan fingerprint density at radius 1 is 0.933 bits per heavy atom.